The number of hydrogen-bond donors (Lipinski definition) is 0. The summed E-state index contributed by atoms with van der Waals surface area (Å²) in [5, 5.41) is 0.130. The number of Topliss-reactive ketones (excluding diaryl/α,β-unsaturated/α-hetero) is 1. The van der Waals surface area contributed by atoms with Crippen molar-refractivity contribution in [2.45, 2.75) is 17.9 Å². The predicted molar refractivity (Wildman–Crippen MR) is 58.8 cm³/mol. The van der Waals surface area contributed by atoms with E-state index in [0.29, 0.717) is 0 Å². The summed E-state index contributed by atoms with van der Waals surface area (Å²) in [6.45, 7) is 1.27. The van der Waals surface area contributed by atoms with E-state index in [1.165, 1.54) is 6.92 Å². The summed E-state index contributed by atoms with van der Waals surface area (Å²) in [6, 6.07) is 2.89. The zero-order valence-electron chi connectivity index (χ0n) is 8.11. The van der Waals surface area contributed by atoms with E-state index < -0.39 is 16.6 Å². The van der Waals surface area contributed by atoms with Gasteiger partial charge in [-0.25, -0.2) is 0 Å². The molecular weight excluding hydrogens is 308 g/mol. The van der Waals surface area contributed by atoms with Crippen molar-refractivity contribution in [3.63, 3.8) is 0 Å². The Morgan fingerprint density at radius 2 is 2.00 bits per heavy atom. The summed E-state index contributed by atoms with van der Waals surface area (Å²) >= 11 is 8.74. The van der Waals surface area contributed by atoms with Crippen molar-refractivity contribution in [2.75, 3.05) is 0 Å². The number of carbonyl (C=O) groups is 1. The molecule has 0 amide bonds. The van der Waals surface area contributed by atoms with Gasteiger partial charge in [-0.3, -0.25) is 4.79 Å². The van der Waals surface area contributed by atoms with Crippen LogP contribution in [0.2, 0.25) is 5.02 Å². The van der Waals surface area contributed by atoms with Crippen molar-refractivity contribution in [1.29, 1.82) is 0 Å². The molecule has 1 atom stereocenters. The van der Waals surface area contributed by atoms with Crippen LogP contribution in [0.25, 0.3) is 0 Å². The molecule has 0 saturated carbocycles. The zero-order chi connectivity index (χ0) is 12.5. The first kappa shape index (κ1) is 13.5. The smallest absolute Gasteiger partial charge is 0.298 e. The van der Waals surface area contributed by atoms with Crippen LogP contribution in [0.3, 0.4) is 0 Å². The lowest BCUT2D eigenvalue weighted by Gasteiger charge is -2.12. The summed E-state index contributed by atoms with van der Waals surface area (Å²) in [5.41, 5.74) is -0.693. The van der Waals surface area contributed by atoms with Gasteiger partial charge in [-0.1, -0.05) is 27.5 Å². The van der Waals surface area contributed by atoms with E-state index >= 15 is 0 Å². The first-order valence-corrected chi connectivity index (χ1v) is 5.54. The van der Waals surface area contributed by atoms with Crippen LogP contribution < -0.4 is 0 Å². The van der Waals surface area contributed by atoms with Crippen molar-refractivity contribution in [2.24, 2.45) is 0 Å². The van der Waals surface area contributed by atoms with E-state index in [0.717, 1.165) is 18.2 Å². The molecule has 88 valence electrons. The molecule has 0 aliphatic carbocycles. The number of ketones is 1. The molecule has 0 N–H and O–H groups in total. The minimum atomic E-state index is -4.44. The molecule has 0 bridgehead atoms. The fourth-order valence-electron chi connectivity index (χ4n) is 1.13. The fourth-order valence-corrected chi connectivity index (χ4v) is 1.87. The second kappa shape index (κ2) is 4.75. The molecule has 1 nitrogen and oxygen atoms in total. The number of hydrogen-bond acceptors (Lipinski definition) is 1. The van der Waals surface area contributed by atoms with Crippen LogP contribution in [0.4, 0.5) is 13.2 Å². The maximum absolute atomic E-state index is 12.4. The molecule has 1 unspecified atom stereocenters. The lowest BCUT2D eigenvalue weighted by Crippen LogP contribution is -2.08. The molecule has 0 aliphatic rings. The Balaban J connectivity index is 3.24. The van der Waals surface area contributed by atoms with Gasteiger partial charge < -0.3 is 0 Å². The summed E-state index contributed by atoms with van der Waals surface area (Å²) in [5.74, 6) is -0.304. The van der Waals surface area contributed by atoms with E-state index in [1.807, 2.05) is 0 Å². The Labute approximate surface area is 104 Å². The number of carbonyl (C=O) groups excluding carboxylic acids is 1. The molecule has 0 aliphatic heterocycles. The van der Waals surface area contributed by atoms with E-state index in [1.54, 1.807) is 0 Å². The van der Waals surface area contributed by atoms with Gasteiger partial charge in [0.1, 0.15) is 5.78 Å². The maximum atomic E-state index is 12.4. The highest BCUT2D eigenvalue weighted by atomic mass is 79.9. The normalized spacial score (nSPS) is 13.6. The number of halogens is 5. The van der Waals surface area contributed by atoms with Gasteiger partial charge in [-0.15, -0.1) is 0 Å². The summed E-state index contributed by atoms with van der Waals surface area (Å²) in [4.78, 5) is 10.3. The molecular formula is C10H7BrClF3O. The van der Waals surface area contributed by atoms with Crippen LogP contribution in [0.5, 0.6) is 0 Å². The minimum Gasteiger partial charge on any atom is -0.298 e. The van der Waals surface area contributed by atoms with Crippen LogP contribution in [-0.2, 0) is 11.0 Å². The Hall–Kier alpha value is -0.550. The van der Waals surface area contributed by atoms with Crippen LogP contribution in [0.15, 0.2) is 18.2 Å². The Morgan fingerprint density at radius 3 is 2.44 bits per heavy atom. The van der Waals surface area contributed by atoms with E-state index in [4.69, 9.17) is 11.6 Å². The van der Waals surface area contributed by atoms with Crippen LogP contribution in [0, 0.1) is 0 Å². The highest BCUT2D eigenvalue weighted by Crippen LogP contribution is 2.36. The second-order valence-corrected chi connectivity index (χ2v) is 4.53. The molecule has 0 fully saturated rings. The second-order valence-electron chi connectivity index (χ2n) is 3.21. The van der Waals surface area contributed by atoms with Gasteiger partial charge in [-0.2, -0.15) is 13.2 Å². The molecule has 0 radical (unpaired) electrons. The summed E-state index contributed by atoms with van der Waals surface area (Å²) in [6.07, 6.45) is -4.44. The first-order valence-electron chi connectivity index (χ1n) is 4.24. The van der Waals surface area contributed by atoms with Crippen LogP contribution in [-0.4, -0.2) is 5.78 Å². The molecule has 0 spiro atoms. The van der Waals surface area contributed by atoms with Crippen molar-refractivity contribution in [1.82, 2.24) is 0 Å². The zero-order valence-corrected chi connectivity index (χ0v) is 10.4. The number of rotatable bonds is 2. The molecule has 0 saturated heterocycles. The lowest BCUT2D eigenvalue weighted by molar-refractivity contribution is -0.137. The third-order valence-corrected chi connectivity index (χ3v) is 3.44. The molecule has 6 heteroatoms. The summed E-state index contributed by atoms with van der Waals surface area (Å²) < 4.78 is 37.3. The average molecular weight is 316 g/mol. The van der Waals surface area contributed by atoms with Crippen molar-refractivity contribution in [3.8, 4) is 0 Å². The Kier molecular flexibility index (Phi) is 4.02. The van der Waals surface area contributed by atoms with Crippen LogP contribution in [0.1, 0.15) is 22.9 Å². The van der Waals surface area contributed by atoms with Crippen molar-refractivity contribution < 1.29 is 18.0 Å². The average Bonchev–Trinajstić information content (AvgIpc) is 2.15. The number of alkyl halides is 4. The van der Waals surface area contributed by atoms with Gasteiger partial charge in [0, 0.05) is 5.02 Å². The minimum absolute atomic E-state index is 0.129. The lowest BCUT2D eigenvalue weighted by atomic mass is 10.1. The monoisotopic (exact) mass is 314 g/mol. The van der Waals surface area contributed by atoms with Crippen molar-refractivity contribution >= 4 is 33.3 Å². The van der Waals surface area contributed by atoms with Gasteiger partial charge in [0.2, 0.25) is 0 Å². The van der Waals surface area contributed by atoms with Crippen LogP contribution >= 0.6 is 27.5 Å². The van der Waals surface area contributed by atoms with Gasteiger partial charge in [0.15, 0.2) is 0 Å². The van der Waals surface area contributed by atoms with Crippen molar-refractivity contribution in [3.05, 3.63) is 34.3 Å². The van der Waals surface area contributed by atoms with E-state index in [-0.39, 0.29) is 16.4 Å². The first-order chi connectivity index (χ1) is 7.23. The molecule has 16 heavy (non-hydrogen) atoms. The Morgan fingerprint density at radius 1 is 1.44 bits per heavy atom. The predicted octanol–water partition coefficient (Wildman–Crippen LogP) is 4.38. The van der Waals surface area contributed by atoms with E-state index in [9.17, 15) is 18.0 Å². The number of benzene rings is 1. The SMILES string of the molecule is CC(=O)C(Br)c1cc(C(F)(F)F)ccc1Cl. The highest BCUT2D eigenvalue weighted by Gasteiger charge is 2.31. The Bertz CT molecular complexity index is 417. The molecule has 0 heterocycles. The van der Waals surface area contributed by atoms with Gasteiger partial charge >= 0.3 is 6.18 Å². The highest BCUT2D eigenvalue weighted by molar-refractivity contribution is 9.09. The third-order valence-electron chi connectivity index (χ3n) is 1.95. The molecule has 1 aromatic rings. The molecule has 1 rings (SSSR count). The van der Waals surface area contributed by atoms with Gasteiger partial charge in [0.05, 0.1) is 10.4 Å². The van der Waals surface area contributed by atoms with Gasteiger partial charge in [-0.05, 0) is 30.7 Å². The fraction of sp³-hybridized carbons (Fsp3) is 0.300. The molecule has 1 aromatic carbocycles. The van der Waals surface area contributed by atoms with E-state index in [2.05, 4.69) is 15.9 Å². The molecule has 0 aromatic heterocycles. The standard InChI is InChI=1S/C10H7BrClF3O/c1-5(16)9(11)7-4-6(10(13,14)15)2-3-8(7)12/h2-4,9H,1H3. The quantitative estimate of drug-likeness (QED) is 0.740. The maximum Gasteiger partial charge on any atom is 0.416 e. The summed E-state index contributed by atoms with van der Waals surface area (Å²) in [7, 11) is 0. The third kappa shape index (κ3) is 2.98. The van der Waals surface area contributed by atoms with Gasteiger partial charge in [0.25, 0.3) is 0 Å². The largest absolute Gasteiger partial charge is 0.416 e. The topological polar surface area (TPSA) is 17.1 Å².